The molecular formula is C34H41F3N4O4. The number of para-hydroxylation sites is 1. The van der Waals surface area contributed by atoms with Crippen LogP contribution in [0.3, 0.4) is 0 Å². The van der Waals surface area contributed by atoms with Crippen LogP contribution in [0.2, 0.25) is 0 Å². The standard InChI is InChI=1S/C33H39F3N4O2.CH2O2/c1-3-42-29-11-5-4-9-24(29)26-14-13-25-27(38-26)21-39(20-23-8-7-17-37-23)22-32(25)15-18-40(19-16-32)28-10-6-12-30(41-2)31(28)33(34,35)36;2-1-3/h4-6,9-14,23,37H,3,7-8,15-22H2,1-2H3;1H,(H,2,3)/t23-;/m1./s1. The topological polar surface area (TPSA) is 87.2 Å². The normalized spacial score (nSPS) is 19.4. The van der Waals surface area contributed by atoms with Crippen molar-refractivity contribution in [3.8, 4) is 22.8 Å². The predicted molar refractivity (Wildman–Crippen MR) is 167 cm³/mol. The number of benzene rings is 2. The summed E-state index contributed by atoms with van der Waals surface area (Å²) in [6.45, 7) is 7.00. The van der Waals surface area contributed by atoms with Gasteiger partial charge in [-0.2, -0.15) is 13.2 Å². The zero-order valence-corrected chi connectivity index (χ0v) is 25.8. The van der Waals surface area contributed by atoms with E-state index in [1.807, 2.05) is 36.1 Å². The van der Waals surface area contributed by atoms with Gasteiger partial charge < -0.3 is 24.8 Å². The maximum atomic E-state index is 14.2. The zero-order valence-electron chi connectivity index (χ0n) is 25.8. The number of aromatic nitrogens is 1. The fourth-order valence-corrected chi connectivity index (χ4v) is 7.19. The molecule has 2 saturated heterocycles. The van der Waals surface area contributed by atoms with Gasteiger partial charge in [0.05, 0.1) is 30.8 Å². The summed E-state index contributed by atoms with van der Waals surface area (Å²) in [6, 6.07) is 17.4. The predicted octanol–water partition coefficient (Wildman–Crippen LogP) is 5.98. The van der Waals surface area contributed by atoms with E-state index in [4.69, 9.17) is 24.4 Å². The van der Waals surface area contributed by atoms with Gasteiger partial charge in [-0.05, 0) is 75.0 Å². The first-order chi connectivity index (χ1) is 21.7. The van der Waals surface area contributed by atoms with Gasteiger partial charge in [0.1, 0.15) is 17.1 Å². The molecule has 0 amide bonds. The molecule has 1 atom stereocenters. The summed E-state index contributed by atoms with van der Waals surface area (Å²) in [5, 5.41) is 10.5. The number of carbonyl (C=O) groups is 1. The fourth-order valence-electron chi connectivity index (χ4n) is 7.19. The second kappa shape index (κ2) is 14.1. The van der Waals surface area contributed by atoms with Crippen LogP contribution in [0.4, 0.5) is 18.9 Å². The van der Waals surface area contributed by atoms with E-state index in [1.54, 1.807) is 12.1 Å². The zero-order chi connectivity index (χ0) is 32.0. The van der Waals surface area contributed by atoms with Crippen molar-refractivity contribution in [3.05, 3.63) is 71.4 Å². The monoisotopic (exact) mass is 626 g/mol. The minimum Gasteiger partial charge on any atom is -0.496 e. The summed E-state index contributed by atoms with van der Waals surface area (Å²) in [5.74, 6) is 0.680. The van der Waals surface area contributed by atoms with Crippen molar-refractivity contribution >= 4 is 12.2 Å². The molecule has 1 aromatic heterocycles. The summed E-state index contributed by atoms with van der Waals surface area (Å²) in [7, 11) is 1.29. The molecule has 6 rings (SSSR count). The Morgan fingerprint density at radius 1 is 1.09 bits per heavy atom. The number of methoxy groups -OCH3 is 1. The quantitative estimate of drug-likeness (QED) is 0.310. The van der Waals surface area contributed by atoms with Crippen LogP contribution in [0.25, 0.3) is 11.3 Å². The summed E-state index contributed by atoms with van der Waals surface area (Å²) in [4.78, 5) is 18.0. The van der Waals surface area contributed by atoms with Gasteiger partial charge in [-0.15, -0.1) is 0 Å². The van der Waals surface area contributed by atoms with Crippen molar-refractivity contribution in [3.63, 3.8) is 0 Å². The lowest BCUT2D eigenvalue weighted by molar-refractivity contribution is -0.138. The average molecular weight is 627 g/mol. The highest BCUT2D eigenvalue weighted by Crippen LogP contribution is 2.47. The summed E-state index contributed by atoms with van der Waals surface area (Å²) in [5.41, 5.74) is 3.48. The summed E-state index contributed by atoms with van der Waals surface area (Å²) < 4.78 is 53.5. The van der Waals surface area contributed by atoms with Crippen LogP contribution in [-0.2, 0) is 22.9 Å². The molecule has 0 aliphatic carbocycles. The Bertz CT molecular complexity index is 1450. The van der Waals surface area contributed by atoms with E-state index >= 15 is 0 Å². The Morgan fingerprint density at radius 2 is 1.82 bits per heavy atom. The van der Waals surface area contributed by atoms with E-state index in [-0.39, 0.29) is 23.3 Å². The second-order valence-electron chi connectivity index (χ2n) is 11.8. The number of nitrogens with one attached hydrogen (secondary N) is 1. The van der Waals surface area contributed by atoms with E-state index < -0.39 is 11.7 Å². The number of hydrogen-bond acceptors (Lipinski definition) is 7. The molecule has 1 spiro atoms. The minimum atomic E-state index is -4.50. The number of fused-ring (bicyclic) bond motifs is 2. The molecule has 0 bridgehead atoms. The van der Waals surface area contributed by atoms with Crippen molar-refractivity contribution in [2.24, 2.45) is 0 Å². The molecule has 242 valence electrons. The number of carboxylic acid groups (broad SMARTS) is 1. The summed E-state index contributed by atoms with van der Waals surface area (Å²) >= 11 is 0. The largest absolute Gasteiger partial charge is 0.496 e. The van der Waals surface area contributed by atoms with Crippen molar-refractivity contribution < 1.29 is 32.5 Å². The third kappa shape index (κ3) is 7.04. The molecule has 3 aromatic rings. The van der Waals surface area contributed by atoms with Crippen LogP contribution >= 0.6 is 0 Å². The van der Waals surface area contributed by atoms with Gasteiger partial charge in [0.25, 0.3) is 6.47 Å². The molecule has 3 aliphatic rings. The Morgan fingerprint density at radius 3 is 2.49 bits per heavy atom. The number of piperidine rings is 1. The molecule has 2 fully saturated rings. The molecule has 4 heterocycles. The first-order valence-corrected chi connectivity index (χ1v) is 15.5. The third-order valence-electron chi connectivity index (χ3n) is 9.12. The molecule has 3 aliphatic heterocycles. The second-order valence-corrected chi connectivity index (χ2v) is 11.8. The number of hydrogen-bond donors (Lipinski definition) is 2. The Balaban J connectivity index is 0.00000128. The van der Waals surface area contributed by atoms with E-state index in [9.17, 15) is 13.2 Å². The number of pyridine rings is 1. The van der Waals surface area contributed by atoms with Gasteiger partial charge in [0.15, 0.2) is 0 Å². The van der Waals surface area contributed by atoms with E-state index in [0.717, 1.165) is 68.1 Å². The number of nitrogens with zero attached hydrogens (tertiary/aromatic N) is 3. The van der Waals surface area contributed by atoms with Crippen molar-refractivity contribution in [2.75, 3.05) is 51.3 Å². The lowest BCUT2D eigenvalue weighted by Gasteiger charge is -2.49. The van der Waals surface area contributed by atoms with Crippen molar-refractivity contribution in [2.45, 2.75) is 56.8 Å². The van der Waals surface area contributed by atoms with Gasteiger partial charge in [0, 0.05) is 49.7 Å². The number of halogens is 3. The molecule has 2 aromatic carbocycles. The maximum absolute atomic E-state index is 14.2. The van der Waals surface area contributed by atoms with Crippen molar-refractivity contribution in [1.29, 1.82) is 0 Å². The Kier molecular flexibility index (Phi) is 10.2. The maximum Gasteiger partial charge on any atom is 0.421 e. The molecule has 0 unspecified atom stereocenters. The number of rotatable bonds is 7. The molecule has 2 N–H and O–H groups in total. The number of alkyl halides is 3. The Hall–Kier alpha value is -3.83. The van der Waals surface area contributed by atoms with Crippen LogP contribution in [0.15, 0.2) is 54.6 Å². The van der Waals surface area contributed by atoms with Crippen LogP contribution in [0.1, 0.15) is 49.4 Å². The van der Waals surface area contributed by atoms with Crippen LogP contribution in [-0.4, -0.2) is 73.9 Å². The van der Waals surface area contributed by atoms with Gasteiger partial charge in [-0.25, -0.2) is 0 Å². The molecule has 0 saturated carbocycles. The van der Waals surface area contributed by atoms with Crippen LogP contribution in [0, 0.1) is 0 Å². The van der Waals surface area contributed by atoms with E-state index in [1.165, 1.54) is 25.2 Å². The molecule has 8 nitrogen and oxygen atoms in total. The SMILES string of the molecule is CCOc1ccccc1-c1ccc2c(n1)CN(C[C@H]1CCCN1)CC21CCN(c2cccc(OC)c2C(F)(F)F)CC1.O=CO. The highest BCUT2D eigenvalue weighted by molar-refractivity contribution is 5.68. The van der Waals surface area contributed by atoms with Crippen molar-refractivity contribution in [1.82, 2.24) is 15.2 Å². The summed E-state index contributed by atoms with van der Waals surface area (Å²) in [6.07, 6.45) is -0.652. The molecule has 45 heavy (non-hydrogen) atoms. The van der Waals surface area contributed by atoms with E-state index in [0.29, 0.717) is 25.7 Å². The van der Waals surface area contributed by atoms with Gasteiger partial charge >= 0.3 is 6.18 Å². The van der Waals surface area contributed by atoms with Gasteiger partial charge in [0.2, 0.25) is 0 Å². The highest BCUT2D eigenvalue weighted by Gasteiger charge is 2.45. The third-order valence-corrected chi connectivity index (χ3v) is 9.12. The molecular weight excluding hydrogens is 585 g/mol. The van der Waals surface area contributed by atoms with Crippen LogP contribution in [0.5, 0.6) is 11.5 Å². The Labute approximate surface area is 262 Å². The van der Waals surface area contributed by atoms with Gasteiger partial charge in [-0.3, -0.25) is 14.7 Å². The fraction of sp³-hybridized carbons (Fsp3) is 0.471. The highest BCUT2D eigenvalue weighted by atomic mass is 19.4. The van der Waals surface area contributed by atoms with E-state index in [2.05, 4.69) is 22.3 Å². The average Bonchev–Trinajstić information content (AvgIpc) is 3.54. The lowest BCUT2D eigenvalue weighted by atomic mass is 9.69. The number of ether oxygens (including phenoxy) is 2. The number of anilines is 1. The minimum absolute atomic E-state index is 0.136. The molecule has 0 radical (unpaired) electrons. The first kappa shape index (κ1) is 32.6. The first-order valence-electron chi connectivity index (χ1n) is 15.5. The lowest BCUT2D eigenvalue weighted by Crippen LogP contribution is -2.54. The van der Waals surface area contributed by atoms with Gasteiger partial charge in [-0.1, -0.05) is 24.3 Å². The van der Waals surface area contributed by atoms with Crippen LogP contribution < -0.4 is 19.7 Å². The molecule has 11 heteroatoms. The smallest absolute Gasteiger partial charge is 0.421 e.